The molecule has 0 amide bonds. The predicted molar refractivity (Wildman–Crippen MR) is 61.3 cm³/mol. The molecule has 0 radical (unpaired) electrons. The van der Waals surface area contributed by atoms with E-state index in [0.717, 1.165) is 6.08 Å². The van der Waals surface area contributed by atoms with Crippen LogP contribution in [0.15, 0.2) is 12.7 Å². The van der Waals surface area contributed by atoms with E-state index in [0.29, 0.717) is 0 Å². The minimum Gasteiger partial charge on any atom is -0.478 e. The number of ether oxygens (including phenoxy) is 2. The monoisotopic (exact) mass is 282 g/mol. The number of rotatable bonds is 7. The third kappa shape index (κ3) is 16.3. The molecule has 0 heterocycles. The van der Waals surface area contributed by atoms with Crippen molar-refractivity contribution in [2.75, 3.05) is 26.4 Å². The Hall–Kier alpha value is -1.68. The molecule has 0 fully saturated rings. The van der Waals surface area contributed by atoms with Crippen molar-refractivity contribution < 1.29 is 44.6 Å². The summed E-state index contributed by atoms with van der Waals surface area (Å²) in [5.74, 6) is -0.981. The molecule has 0 saturated carbocycles. The van der Waals surface area contributed by atoms with Crippen LogP contribution in [0.4, 0.5) is 4.79 Å². The molecule has 0 aromatic heterocycles. The maximum absolute atomic E-state index is 10.7. The van der Waals surface area contributed by atoms with Gasteiger partial charge >= 0.3 is 12.1 Å². The Labute approximate surface area is 109 Å². The lowest BCUT2D eigenvalue weighted by atomic mass is 10.4. The van der Waals surface area contributed by atoms with Gasteiger partial charge in [0.15, 0.2) is 0 Å². The van der Waals surface area contributed by atoms with Gasteiger partial charge < -0.3 is 35.0 Å². The smallest absolute Gasteiger partial charge is 0.478 e. The van der Waals surface area contributed by atoms with Crippen molar-refractivity contribution in [2.45, 2.75) is 12.2 Å². The van der Waals surface area contributed by atoms with Crippen molar-refractivity contribution in [3.8, 4) is 0 Å². The molecule has 0 aliphatic heterocycles. The van der Waals surface area contributed by atoms with Crippen LogP contribution in [0.25, 0.3) is 0 Å². The molecular weight excluding hydrogens is 264 g/mol. The van der Waals surface area contributed by atoms with Gasteiger partial charge in [-0.05, 0) is 0 Å². The summed E-state index contributed by atoms with van der Waals surface area (Å²) in [7, 11) is 0. The average molecular weight is 282 g/mol. The first kappa shape index (κ1) is 19.7. The van der Waals surface area contributed by atoms with Gasteiger partial charge in [0.1, 0.15) is 25.4 Å². The molecule has 9 heteroatoms. The van der Waals surface area contributed by atoms with Gasteiger partial charge in [-0.3, -0.25) is 0 Å². The zero-order chi connectivity index (χ0) is 15.3. The number of aliphatic hydroxyl groups excluding tert-OH is 4. The number of hydrogen-bond donors (Lipinski definition) is 5. The van der Waals surface area contributed by atoms with E-state index in [4.69, 9.17) is 25.5 Å². The van der Waals surface area contributed by atoms with Crippen LogP contribution in [0.2, 0.25) is 0 Å². The summed E-state index contributed by atoms with van der Waals surface area (Å²) < 4.78 is 8.65. The molecule has 0 bridgehead atoms. The Morgan fingerprint density at radius 2 is 1.37 bits per heavy atom. The Morgan fingerprint density at radius 1 is 1.05 bits per heavy atom. The number of aliphatic hydroxyl groups is 4. The first-order valence-electron chi connectivity index (χ1n) is 5.10. The molecule has 2 atom stereocenters. The molecule has 19 heavy (non-hydrogen) atoms. The number of hydrogen-bond acceptors (Lipinski definition) is 8. The van der Waals surface area contributed by atoms with Crippen LogP contribution in [-0.2, 0) is 14.3 Å². The van der Waals surface area contributed by atoms with Crippen LogP contribution in [0.1, 0.15) is 0 Å². The highest BCUT2D eigenvalue weighted by Gasteiger charge is 2.10. The van der Waals surface area contributed by atoms with Crippen LogP contribution >= 0.6 is 0 Å². The third-order valence-corrected chi connectivity index (χ3v) is 1.38. The van der Waals surface area contributed by atoms with Gasteiger partial charge in [-0.25, -0.2) is 9.59 Å². The normalized spacial score (nSPS) is 12.4. The van der Waals surface area contributed by atoms with Crippen LogP contribution in [0.5, 0.6) is 0 Å². The van der Waals surface area contributed by atoms with E-state index in [9.17, 15) is 9.59 Å². The Morgan fingerprint density at radius 3 is 1.58 bits per heavy atom. The Bertz CT molecular complexity index is 250. The second-order valence-electron chi connectivity index (χ2n) is 3.09. The number of carboxylic acid groups (broad SMARTS) is 1. The molecule has 9 nitrogen and oxygen atoms in total. The van der Waals surface area contributed by atoms with Crippen molar-refractivity contribution >= 4 is 12.1 Å². The molecule has 0 aliphatic carbocycles. The summed E-state index contributed by atoms with van der Waals surface area (Å²) in [5.41, 5.74) is 0. The van der Waals surface area contributed by atoms with E-state index < -0.39 is 37.5 Å². The largest absolute Gasteiger partial charge is 0.508 e. The summed E-state index contributed by atoms with van der Waals surface area (Å²) in [6.07, 6.45) is -2.54. The summed E-state index contributed by atoms with van der Waals surface area (Å²) in [4.78, 5) is 19.9. The molecule has 0 spiro atoms. The summed E-state index contributed by atoms with van der Waals surface area (Å²) in [6.45, 7) is 1.15. The van der Waals surface area contributed by atoms with Gasteiger partial charge in [0.05, 0.1) is 13.2 Å². The van der Waals surface area contributed by atoms with E-state index >= 15 is 0 Å². The lowest BCUT2D eigenvalue weighted by Crippen LogP contribution is -2.25. The van der Waals surface area contributed by atoms with Gasteiger partial charge in [-0.15, -0.1) is 0 Å². The first-order chi connectivity index (χ1) is 8.87. The zero-order valence-corrected chi connectivity index (χ0v) is 10.1. The van der Waals surface area contributed by atoms with Crippen LogP contribution < -0.4 is 0 Å². The molecular formula is C10H18O9. The van der Waals surface area contributed by atoms with Crippen LogP contribution in [0, 0.1) is 0 Å². The highest BCUT2D eigenvalue weighted by Crippen LogP contribution is 1.91. The molecule has 0 saturated heterocycles. The fourth-order valence-corrected chi connectivity index (χ4v) is 0.476. The summed E-state index contributed by atoms with van der Waals surface area (Å²) in [5, 5.41) is 41.8. The number of carboxylic acids is 1. The molecule has 0 aromatic rings. The number of aliphatic carboxylic acids is 1. The molecule has 0 aliphatic rings. The van der Waals surface area contributed by atoms with Crippen LogP contribution in [0.3, 0.4) is 0 Å². The van der Waals surface area contributed by atoms with Crippen LogP contribution in [-0.4, -0.2) is 76.3 Å². The third-order valence-electron chi connectivity index (χ3n) is 1.38. The minimum atomic E-state index is -1.15. The lowest BCUT2D eigenvalue weighted by Gasteiger charge is -2.10. The quantitative estimate of drug-likeness (QED) is 0.266. The van der Waals surface area contributed by atoms with Crippen molar-refractivity contribution in [2.24, 2.45) is 0 Å². The minimum absolute atomic E-state index is 0.384. The fraction of sp³-hybridized carbons (Fsp3) is 0.600. The molecule has 0 aromatic carbocycles. The molecule has 112 valence electrons. The highest BCUT2D eigenvalue weighted by atomic mass is 16.7. The van der Waals surface area contributed by atoms with E-state index in [1.54, 1.807) is 0 Å². The predicted octanol–water partition coefficient (Wildman–Crippen LogP) is -1.90. The van der Waals surface area contributed by atoms with E-state index in [1.165, 1.54) is 0 Å². The molecule has 0 rings (SSSR count). The lowest BCUT2D eigenvalue weighted by molar-refractivity contribution is -0.131. The maximum atomic E-state index is 10.7. The Balaban J connectivity index is 0. The van der Waals surface area contributed by atoms with Gasteiger partial charge in [0.2, 0.25) is 0 Å². The first-order valence-corrected chi connectivity index (χ1v) is 5.10. The second-order valence-corrected chi connectivity index (χ2v) is 3.09. The average Bonchev–Trinajstić information content (AvgIpc) is 2.42. The summed E-state index contributed by atoms with van der Waals surface area (Å²) in [6, 6.07) is 0. The van der Waals surface area contributed by atoms with Crippen molar-refractivity contribution in [1.29, 1.82) is 0 Å². The summed E-state index contributed by atoms with van der Waals surface area (Å²) >= 11 is 0. The number of carbonyl (C=O) groups is 2. The van der Waals surface area contributed by atoms with Crippen molar-refractivity contribution in [1.82, 2.24) is 0 Å². The van der Waals surface area contributed by atoms with Gasteiger partial charge in [0, 0.05) is 6.08 Å². The number of carbonyl (C=O) groups excluding carboxylic acids is 1. The van der Waals surface area contributed by atoms with Crippen molar-refractivity contribution in [3.63, 3.8) is 0 Å². The zero-order valence-electron chi connectivity index (χ0n) is 10.1. The maximum Gasteiger partial charge on any atom is 0.508 e. The SMILES string of the molecule is C=CC(=O)O.O=C(OCC(O)CO)OCC(O)CO. The molecule has 5 N–H and O–H groups in total. The van der Waals surface area contributed by atoms with Gasteiger partial charge in [-0.1, -0.05) is 6.58 Å². The van der Waals surface area contributed by atoms with E-state index in [2.05, 4.69) is 16.1 Å². The second kappa shape index (κ2) is 12.8. The van der Waals surface area contributed by atoms with Crippen molar-refractivity contribution in [3.05, 3.63) is 12.7 Å². The van der Waals surface area contributed by atoms with Gasteiger partial charge in [0.25, 0.3) is 0 Å². The van der Waals surface area contributed by atoms with E-state index in [1.807, 2.05) is 0 Å². The Kier molecular flexibility index (Phi) is 13.2. The van der Waals surface area contributed by atoms with E-state index in [-0.39, 0.29) is 13.2 Å². The standard InChI is InChI=1S/C7H14O7.C3H4O2/c8-1-5(10)3-13-7(12)14-4-6(11)2-9;1-2-3(4)5/h5-6,8-11H,1-4H2;2H,1H2,(H,4,5). The highest BCUT2D eigenvalue weighted by molar-refractivity contribution is 5.78. The topological polar surface area (TPSA) is 154 Å². The van der Waals surface area contributed by atoms with Gasteiger partial charge in [-0.2, -0.15) is 0 Å². The molecule has 2 unspecified atom stereocenters. The fourth-order valence-electron chi connectivity index (χ4n) is 0.476.